The summed E-state index contributed by atoms with van der Waals surface area (Å²) in [5, 5.41) is 7.26. The van der Waals surface area contributed by atoms with E-state index in [0.717, 1.165) is 17.5 Å². The number of nitrogens with one attached hydrogen (secondary N) is 2. The van der Waals surface area contributed by atoms with Crippen LogP contribution in [0.5, 0.6) is 0 Å². The molecule has 0 unspecified atom stereocenters. The number of allylic oxidation sites excluding steroid dienone is 1. The lowest BCUT2D eigenvalue weighted by Gasteiger charge is -1.91. The van der Waals surface area contributed by atoms with Gasteiger partial charge in [0.25, 0.3) is 0 Å². The maximum absolute atomic E-state index is 6.87. The molecule has 0 aliphatic rings. The molecule has 3 heteroatoms. The van der Waals surface area contributed by atoms with Gasteiger partial charge in [-0.25, -0.2) is 0 Å². The van der Waals surface area contributed by atoms with E-state index in [0.29, 0.717) is 5.03 Å². The van der Waals surface area contributed by atoms with E-state index in [1.807, 2.05) is 6.07 Å². The van der Waals surface area contributed by atoms with E-state index in [2.05, 4.69) is 11.6 Å². The molecule has 1 aromatic heterocycles. The third-order valence-corrected chi connectivity index (χ3v) is 1.67. The lowest BCUT2D eigenvalue weighted by atomic mass is 10.2. The summed E-state index contributed by atoms with van der Waals surface area (Å²) in [5.41, 5.74) is 1.86. The van der Waals surface area contributed by atoms with Gasteiger partial charge in [0.05, 0.1) is 5.03 Å². The molecule has 0 radical (unpaired) electrons. The van der Waals surface area contributed by atoms with Crippen molar-refractivity contribution in [1.29, 1.82) is 5.41 Å². The fourth-order valence-electron chi connectivity index (χ4n) is 0.877. The van der Waals surface area contributed by atoms with Crippen molar-refractivity contribution in [3.8, 4) is 0 Å². The fraction of sp³-hybridized carbons (Fsp3) is 0. The van der Waals surface area contributed by atoms with Crippen LogP contribution in [-0.4, -0.2) is 11.2 Å². The van der Waals surface area contributed by atoms with Gasteiger partial charge in [0, 0.05) is 18.1 Å². The van der Waals surface area contributed by atoms with Gasteiger partial charge in [-0.1, -0.05) is 24.3 Å². The Morgan fingerprint density at radius 3 is 3.00 bits per heavy atom. The highest BCUT2D eigenvalue weighted by molar-refractivity contribution is 6.41. The van der Waals surface area contributed by atoms with Crippen LogP contribution >= 0.6 is 11.6 Å². The Labute approximate surface area is 76.1 Å². The first-order valence-corrected chi connectivity index (χ1v) is 3.83. The molecule has 0 bridgehead atoms. The molecule has 0 aliphatic carbocycles. The highest BCUT2D eigenvalue weighted by Crippen LogP contribution is 2.13. The van der Waals surface area contributed by atoms with E-state index >= 15 is 0 Å². The van der Waals surface area contributed by atoms with Crippen molar-refractivity contribution in [3.63, 3.8) is 0 Å². The second kappa shape index (κ2) is 3.93. The summed E-state index contributed by atoms with van der Waals surface area (Å²) < 4.78 is 0. The van der Waals surface area contributed by atoms with Crippen LogP contribution in [0.15, 0.2) is 23.9 Å². The zero-order valence-corrected chi connectivity index (χ0v) is 7.23. The highest BCUT2D eigenvalue weighted by Gasteiger charge is 1.96. The monoisotopic (exact) mass is 180 g/mol. The Bertz CT molecular complexity index is 323. The average molecular weight is 181 g/mol. The molecule has 0 atom stereocenters. The minimum absolute atomic E-state index is 0.389. The molecular weight excluding hydrogens is 172 g/mol. The molecule has 0 saturated heterocycles. The second-order valence-corrected chi connectivity index (χ2v) is 2.66. The normalized spacial score (nSPS) is 11.2. The third kappa shape index (κ3) is 1.86. The zero-order valence-electron chi connectivity index (χ0n) is 6.47. The van der Waals surface area contributed by atoms with E-state index < -0.39 is 0 Å². The van der Waals surface area contributed by atoms with Gasteiger partial charge in [-0.2, -0.15) is 0 Å². The van der Waals surface area contributed by atoms with Crippen molar-refractivity contribution in [1.82, 2.24) is 4.98 Å². The Hall–Kier alpha value is -1.28. The predicted molar refractivity (Wildman–Crippen MR) is 53.5 cm³/mol. The molecule has 12 heavy (non-hydrogen) atoms. The van der Waals surface area contributed by atoms with Crippen molar-refractivity contribution >= 4 is 30.0 Å². The molecule has 62 valence electrons. The summed E-state index contributed by atoms with van der Waals surface area (Å²) in [4.78, 5) is 2.99. The average Bonchev–Trinajstić information content (AvgIpc) is 2.51. The molecule has 1 heterocycles. The topological polar surface area (TPSA) is 39.6 Å². The van der Waals surface area contributed by atoms with E-state index in [1.54, 1.807) is 18.3 Å². The summed E-state index contributed by atoms with van der Waals surface area (Å²) in [6.07, 6.45) is 6.31. The van der Waals surface area contributed by atoms with Crippen molar-refractivity contribution in [2.24, 2.45) is 0 Å². The second-order valence-electron chi connectivity index (χ2n) is 2.22. The Kier molecular flexibility index (Phi) is 2.88. The maximum Gasteiger partial charge on any atom is 0.0602 e. The van der Waals surface area contributed by atoms with Crippen LogP contribution in [-0.2, 0) is 0 Å². The molecule has 2 N–H and O–H groups in total. The molecule has 1 aromatic rings. The van der Waals surface area contributed by atoms with Gasteiger partial charge < -0.3 is 10.4 Å². The molecule has 2 nitrogen and oxygen atoms in total. The van der Waals surface area contributed by atoms with Crippen molar-refractivity contribution < 1.29 is 0 Å². The first kappa shape index (κ1) is 8.81. The smallest absolute Gasteiger partial charge is 0.0602 e. The van der Waals surface area contributed by atoms with Crippen molar-refractivity contribution in [3.05, 3.63) is 35.1 Å². The van der Waals surface area contributed by atoms with Crippen LogP contribution in [0.2, 0.25) is 0 Å². The van der Waals surface area contributed by atoms with Gasteiger partial charge in [-0.3, -0.25) is 0 Å². The first-order valence-electron chi connectivity index (χ1n) is 3.45. The van der Waals surface area contributed by atoms with E-state index in [1.165, 1.54) is 0 Å². The molecule has 0 saturated carbocycles. The quantitative estimate of drug-likeness (QED) is 0.672. The largest absolute Gasteiger partial charge is 0.361 e. The first-order chi connectivity index (χ1) is 5.77. The summed E-state index contributed by atoms with van der Waals surface area (Å²) in [6.45, 7) is 3.65. The summed E-state index contributed by atoms with van der Waals surface area (Å²) in [6, 6.07) is 1.90. The van der Waals surface area contributed by atoms with Crippen molar-refractivity contribution in [2.45, 2.75) is 0 Å². The minimum Gasteiger partial charge on any atom is -0.361 e. The number of aromatic amines is 1. The highest BCUT2D eigenvalue weighted by atomic mass is 35.5. The lowest BCUT2D eigenvalue weighted by Crippen LogP contribution is -1.77. The molecule has 1 rings (SSSR count). The predicted octanol–water partition coefficient (Wildman–Crippen LogP) is 2.89. The number of hydrogen-bond acceptors (Lipinski definition) is 1. The van der Waals surface area contributed by atoms with Gasteiger partial charge in [0.15, 0.2) is 0 Å². The van der Waals surface area contributed by atoms with Gasteiger partial charge in [0.2, 0.25) is 0 Å². The third-order valence-electron chi connectivity index (χ3n) is 1.45. The molecule has 0 amide bonds. The van der Waals surface area contributed by atoms with Crippen LogP contribution in [0, 0.1) is 5.41 Å². The van der Waals surface area contributed by atoms with Crippen LogP contribution in [0.4, 0.5) is 0 Å². The van der Waals surface area contributed by atoms with Crippen LogP contribution in [0.25, 0.3) is 12.2 Å². The molecule has 0 spiro atoms. The zero-order chi connectivity index (χ0) is 8.97. The van der Waals surface area contributed by atoms with Gasteiger partial charge in [-0.05, 0) is 17.7 Å². The minimum atomic E-state index is 0.389. The van der Waals surface area contributed by atoms with Crippen LogP contribution in [0.3, 0.4) is 0 Å². The number of H-pyrrole nitrogens is 1. The van der Waals surface area contributed by atoms with Gasteiger partial charge in [-0.15, -0.1) is 0 Å². The molecule has 0 aliphatic heterocycles. The van der Waals surface area contributed by atoms with Gasteiger partial charge in [0.1, 0.15) is 0 Å². The molecule has 0 aromatic carbocycles. The Balaban J connectivity index is 3.02. The summed E-state index contributed by atoms with van der Waals surface area (Å²) in [5.74, 6) is 0. The maximum atomic E-state index is 6.87. The number of hydrogen-bond donors (Lipinski definition) is 2. The summed E-state index contributed by atoms with van der Waals surface area (Å²) >= 11 is 5.65. The SMILES string of the molecule is C=Cc1cc[nH]c1/C=C(/Cl)C=N. The number of rotatable bonds is 3. The van der Waals surface area contributed by atoms with E-state index in [9.17, 15) is 0 Å². The van der Waals surface area contributed by atoms with Crippen molar-refractivity contribution in [2.75, 3.05) is 0 Å². The fourth-order valence-corrected chi connectivity index (χ4v) is 0.986. The van der Waals surface area contributed by atoms with Crippen LogP contribution in [0.1, 0.15) is 11.3 Å². The Morgan fingerprint density at radius 1 is 1.67 bits per heavy atom. The molecular formula is C9H9ClN2. The van der Waals surface area contributed by atoms with Gasteiger partial charge >= 0.3 is 0 Å². The Morgan fingerprint density at radius 2 is 2.42 bits per heavy atom. The molecule has 0 fully saturated rings. The summed E-state index contributed by atoms with van der Waals surface area (Å²) in [7, 11) is 0. The number of aromatic nitrogens is 1. The van der Waals surface area contributed by atoms with E-state index in [-0.39, 0.29) is 0 Å². The van der Waals surface area contributed by atoms with Crippen LogP contribution < -0.4 is 0 Å². The number of halogens is 1. The van der Waals surface area contributed by atoms with E-state index in [4.69, 9.17) is 17.0 Å². The lowest BCUT2D eigenvalue weighted by molar-refractivity contribution is 1.37. The standard InChI is InChI=1S/C9H9ClN2/c1-2-7-3-4-12-9(7)5-8(10)6-11/h2-6,11-12H,1H2/b8-5+,11-6?.